The van der Waals surface area contributed by atoms with Gasteiger partial charge in [0.15, 0.2) is 5.13 Å². The van der Waals surface area contributed by atoms with Crippen molar-refractivity contribution in [1.82, 2.24) is 20.2 Å². The van der Waals surface area contributed by atoms with Crippen LogP contribution >= 0.6 is 11.3 Å². The Morgan fingerprint density at radius 3 is 2.92 bits per heavy atom. The Kier molecular flexibility index (Phi) is 3.70. The quantitative estimate of drug-likeness (QED) is 0.585. The molecule has 2 N–H and O–H groups in total. The number of nitrogens with zero attached hydrogens (tertiary/aromatic N) is 3. The number of aryl methyl sites for hydroxylation is 1. The first kappa shape index (κ1) is 14.8. The third-order valence-corrected chi connectivity index (χ3v) is 4.52. The summed E-state index contributed by atoms with van der Waals surface area (Å²) in [6, 6.07) is 8.62. The second kappa shape index (κ2) is 6.01. The molecular weight excluding hydrogens is 325 g/mol. The molecule has 120 valence electrons. The van der Waals surface area contributed by atoms with Gasteiger partial charge in [-0.2, -0.15) is 5.10 Å². The summed E-state index contributed by atoms with van der Waals surface area (Å²) in [4.78, 5) is 10.0. The van der Waals surface area contributed by atoms with Crippen LogP contribution < -0.4 is 5.32 Å². The van der Waals surface area contributed by atoms with Gasteiger partial charge in [0.05, 0.1) is 17.4 Å². The summed E-state index contributed by atoms with van der Waals surface area (Å²) >= 11 is 1.55. The first-order valence-corrected chi connectivity index (χ1v) is 8.26. The minimum Gasteiger partial charge on any atom is -0.316 e. The summed E-state index contributed by atoms with van der Waals surface area (Å²) in [6.45, 7) is 2.00. The highest BCUT2D eigenvalue weighted by molar-refractivity contribution is 7.15. The number of aromatic nitrogens is 4. The third-order valence-electron chi connectivity index (χ3n) is 3.69. The van der Waals surface area contributed by atoms with Gasteiger partial charge in [0.25, 0.3) is 0 Å². The average molecular weight is 339 g/mol. The van der Waals surface area contributed by atoms with E-state index in [1.54, 1.807) is 29.7 Å². The second-order valence-electron chi connectivity index (χ2n) is 5.45. The van der Waals surface area contributed by atoms with E-state index in [1.165, 1.54) is 6.07 Å². The molecule has 3 heterocycles. The van der Waals surface area contributed by atoms with E-state index in [0.29, 0.717) is 17.8 Å². The number of hydrogen-bond acceptors (Lipinski definition) is 5. The molecule has 0 amide bonds. The number of fused-ring (bicyclic) bond motifs is 1. The molecule has 5 nitrogen and oxygen atoms in total. The van der Waals surface area contributed by atoms with Crippen LogP contribution in [0.1, 0.15) is 16.1 Å². The number of rotatable bonds is 4. The highest BCUT2D eigenvalue weighted by Gasteiger charge is 2.12. The third kappa shape index (κ3) is 2.85. The highest BCUT2D eigenvalue weighted by atomic mass is 32.1. The SMILES string of the molecule is Cc1cnc(Nc2cc3[nH]ncc3c(Cc3ccccc3F)n2)s1. The van der Waals surface area contributed by atoms with Crippen LogP contribution in [0.5, 0.6) is 0 Å². The van der Waals surface area contributed by atoms with Crippen molar-refractivity contribution in [3.05, 3.63) is 64.7 Å². The molecule has 1 aromatic carbocycles. The molecule has 0 saturated heterocycles. The zero-order valence-corrected chi connectivity index (χ0v) is 13.7. The Hall–Kier alpha value is -2.80. The van der Waals surface area contributed by atoms with Crippen LogP contribution in [0.25, 0.3) is 10.9 Å². The number of hydrogen-bond donors (Lipinski definition) is 2. The number of anilines is 2. The molecule has 4 aromatic rings. The highest BCUT2D eigenvalue weighted by Crippen LogP contribution is 2.26. The number of nitrogens with one attached hydrogen (secondary N) is 2. The molecule has 0 unspecified atom stereocenters. The van der Waals surface area contributed by atoms with Crippen molar-refractivity contribution in [2.75, 3.05) is 5.32 Å². The Labute approximate surface area is 141 Å². The molecule has 0 spiro atoms. The molecular formula is C17H14FN5S. The van der Waals surface area contributed by atoms with E-state index in [1.807, 2.05) is 25.3 Å². The van der Waals surface area contributed by atoms with Gasteiger partial charge in [0.1, 0.15) is 11.6 Å². The van der Waals surface area contributed by atoms with E-state index >= 15 is 0 Å². The lowest BCUT2D eigenvalue weighted by molar-refractivity contribution is 0.613. The lowest BCUT2D eigenvalue weighted by Crippen LogP contribution is -2.00. The Bertz CT molecular complexity index is 1010. The standard InChI is InChI=1S/C17H14FN5S/c1-10-8-19-17(24-10)22-16-7-15-12(9-20-23-15)14(21-16)6-11-4-2-3-5-13(11)18/h2-5,7-9H,6H2,1H3,(H,20,23)(H,19,21,22). The molecule has 0 aliphatic heterocycles. The monoisotopic (exact) mass is 339 g/mol. The number of pyridine rings is 1. The van der Waals surface area contributed by atoms with E-state index in [2.05, 4.69) is 25.5 Å². The molecule has 0 saturated carbocycles. The van der Waals surface area contributed by atoms with Crippen molar-refractivity contribution in [3.8, 4) is 0 Å². The summed E-state index contributed by atoms with van der Waals surface area (Å²) < 4.78 is 14.0. The summed E-state index contributed by atoms with van der Waals surface area (Å²) in [5.74, 6) is 0.428. The van der Waals surface area contributed by atoms with Crippen molar-refractivity contribution in [2.45, 2.75) is 13.3 Å². The molecule has 7 heteroatoms. The van der Waals surface area contributed by atoms with Crippen LogP contribution in [-0.2, 0) is 6.42 Å². The second-order valence-corrected chi connectivity index (χ2v) is 6.69. The topological polar surface area (TPSA) is 66.5 Å². The Morgan fingerprint density at radius 1 is 1.25 bits per heavy atom. The van der Waals surface area contributed by atoms with E-state index in [0.717, 1.165) is 26.6 Å². The molecule has 24 heavy (non-hydrogen) atoms. The van der Waals surface area contributed by atoms with E-state index < -0.39 is 0 Å². The molecule has 0 atom stereocenters. The normalized spacial score (nSPS) is 11.1. The molecule has 0 bridgehead atoms. The van der Waals surface area contributed by atoms with Crippen LogP contribution in [0.3, 0.4) is 0 Å². The fraction of sp³-hybridized carbons (Fsp3) is 0.118. The molecule has 0 aliphatic rings. The maximum absolute atomic E-state index is 14.0. The van der Waals surface area contributed by atoms with Crippen LogP contribution in [0.15, 0.2) is 42.7 Å². The fourth-order valence-corrected chi connectivity index (χ4v) is 3.23. The Balaban J connectivity index is 1.73. The number of thiazole rings is 1. The average Bonchev–Trinajstić information content (AvgIpc) is 3.18. The zero-order valence-electron chi connectivity index (χ0n) is 12.9. The van der Waals surface area contributed by atoms with Crippen LogP contribution in [-0.4, -0.2) is 20.2 Å². The lowest BCUT2D eigenvalue weighted by Gasteiger charge is -2.08. The van der Waals surface area contributed by atoms with E-state index in [4.69, 9.17) is 0 Å². The van der Waals surface area contributed by atoms with Gasteiger partial charge >= 0.3 is 0 Å². The van der Waals surface area contributed by atoms with Gasteiger partial charge in [0, 0.05) is 28.9 Å². The summed E-state index contributed by atoms with van der Waals surface area (Å²) in [6.07, 6.45) is 3.92. The van der Waals surface area contributed by atoms with Crippen LogP contribution in [0.4, 0.5) is 15.3 Å². The van der Waals surface area contributed by atoms with Gasteiger partial charge in [-0.3, -0.25) is 5.10 Å². The largest absolute Gasteiger partial charge is 0.316 e. The molecule has 0 aliphatic carbocycles. The molecule has 0 fully saturated rings. The predicted octanol–water partition coefficient (Wildman–Crippen LogP) is 4.20. The smallest absolute Gasteiger partial charge is 0.188 e. The number of aromatic amines is 1. The number of halogens is 1. The molecule has 4 rings (SSSR count). The lowest BCUT2D eigenvalue weighted by atomic mass is 10.1. The first-order valence-electron chi connectivity index (χ1n) is 7.45. The van der Waals surface area contributed by atoms with Gasteiger partial charge < -0.3 is 5.32 Å². The fourth-order valence-electron chi connectivity index (χ4n) is 2.55. The predicted molar refractivity (Wildman–Crippen MR) is 93.2 cm³/mol. The first-order chi connectivity index (χ1) is 11.7. The van der Waals surface area contributed by atoms with Gasteiger partial charge in [-0.1, -0.05) is 18.2 Å². The van der Waals surface area contributed by atoms with Gasteiger partial charge in [-0.05, 0) is 18.6 Å². The van der Waals surface area contributed by atoms with Crippen molar-refractivity contribution in [2.24, 2.45) is 0 Å². The number of benzene rings is 1. The Morgan fingerprint density at radius 2 is 2.12 bits per heavy atom. The van der Waals surface area contributed by atoms with Crippen LogP contribution in [0.2, 0.25) is 0 Å². The van der Waals surface area contributed by atoms with E-state index in [9.17, 15) is 4.39 Å². The summed E-state index contributed by atoms with van der Waals surface area (Å²) in [5, 5.41) is 11.9. The van der Waals surface area contributed by atoms with Gasteiger partial charge in [0.2, 0.25) is 0 Å². The minimum atomic E-state index is -0.232. The van der Waals surface area contributed by atoms with Gasteiger partial charge in [-0.25, -0.2) is 14.4 Å². The summed E-state index contributed by atoms with van der Waals surface area (Å²) in [5.41, 5.74) is 2.23. The zero-order chi connectivity index (χ0) is 16.5. The van der Waals surface area contributed by atoms with Crippen molar-refractivity contribution in [1.29, 1.82) is 0 Å². The van der Waals surface area contributed by atoms with Crippen molar-refractivity contribution < 1.29 is 4.39 Å². The minimum absolute atomic E-state index is 0.232. The van der Waals surface area contributed by atoms with Gasteiger partial charge in [-0.15, -0.1) is 11.3 Å². The maximum atomic E-state index is 14.0. The summed E-state index contributed by atoms with van der Waals surface area (Å²) in [7, 11) is 0. The van der Waals surface area contributed by atoms with Crippen LogP contribution in [0, 0.1) is 12.7 Å². The van der Waals surface area contributed by atoms with E-state index in [-0.39, 0.29) is 5.82 Å². The molecule has 0 radical (unpaired) electrons. The van der Waals surface area contributed by atoms with Crippen molar-refractivity contribution in [3.63, 3.8) is 0 Å². The molecule has 3 aromatic heterocycles. The number of H-pyrrole nitrogens is 1. The maximum Gasteiger partial charge on any atom is 0.188 e. The van der Waals surface area contributed by atoms with Crippen molar-refractivity contribution >= 4 is 33.2 Å².